The van der Waals surface area contributed by atoms with E-state index in [1.165, 1.54) is 12.1 Å². The maximum Gasteiger partial charge on any atom is 0.261 e. The number of rotatable bonds is 5. The molecule has 0 bridgehead atoms. The summed E-state index contributed by atoms with van der Waals surface area (Å²) in [5, 5.41) is 4.16. The number of anilines is 1. The molecule has 1 aromatic carbocycles. The zero-order chi connectivity index (χ0) is 19.6. The molecule has 0 spiro atoms. The molecule has 2 aromatic heterocycles. The third kappa shape index (κ3) is 4.15. The van der Waals surface area contributed by atoms with Crippen LogP contribution in [0, 0.1) is 5.82 Å². The van der Waals surface area contributed by atoms with Crippen molar-refractivity contribution in [3.8, 4) is 11.5 Å². The Morgan fingerprint density at radius 1 is 1.03 bits per heavy atom. The van der Waals surface area contributed by atoms with Gasteiger partial charge in [-0.3, -0.25) is 4.90 Å². The van der Waals surface area contributed by atoms with E-state index in [1.54, 1.807) is 0 Å². The lowest BCUT2D eigenvalue weighted by Gasteiger charge is -2.24. The van der Waals surface area contributed by atoms with Crippen molar-refractivity contribution in [1.29, 1.82) is 0 Å². The van der Waals surface area contributed by atoms with Gasteiger partial charge in [-0.15, -0.1) is 0 Å². The largest absolute Gasteiger partial charge is 0.355 e. The Labute approximate surface area is 169 Å². The molecule has 0 atom stereocenters. The van der Waals surface area contributed by atoms with Crippen LogP contribution >= 0.6 is 0 Å². The fourth-order valence-electron chi connectivity index (χ4n) is 3.86. The van der Waals surface area contributed by atoms with Crippen LogP contribution in [0.15, 0.2) is 47.1 Å². The van der Waals surface area contributed by atoms with Crippen LogP contribution in [0.2, 0.25) is 0 Å². The van der Waals surface area contributed by atoms with Gasteiger partial charge in [-0.2, -0.15) is 4.98 Å². The summed E-state index contributed by atoms with van der Waals surface area (Å²) in [4.78, 5) is 14.0. The van der Waals surface area contributed by atoms with E-state index in [4.69, 9.17) is 4.52 Å². The topological polar surface area (TPSA) is 58.3 Å². The average Bonchev–Trinajstić information content (AvgIpc) is 3.53. The van der Waals surface area contributed by atoms with E-state index in [2.05, 4.69) is 24.9 Å². The molecule has 5 rings (SSSR count). The minimum Gasteiger partial charge on any atom is -0.355 e. The number of hydrogen-bond donors (Lipinski definition) is 0. The Hall–Kier alpha value is -2.80. The standard InChI is InChI=1S/C22H24FN5O/c23-18-8-4-16(5-9-18)15-27-11-2-12-28(14-13-27)21-19(3-1-10-24-21)22-25-20(26-29-22)17-6-7-17/h1,3-5,8-10,17H,2,6-7,11-15H2. The molecule has 0 unspecified atom stereocenters. The summed E-state index contributed by atoms with van der Waals surface area (Å²) in [6.07, 6.45) is 5.15. The summed E-state index contributed by atoms with van der Waals surface area (Å²) in [6, 6.07) is 10.7. The highest BCUT2D eigenvalue weighted by molar-refractivity contribution is 5.69. The molecule has 29 heavy (non-hydrogen) atoms. The highest BCUT2D eigenvalue weighted by Crippen LogP contribution is 2.39. The first-order chi connectivity index (χ1) is 14.3. The van der Waals surface area contributed by atoms with Gasteiger partial charge in [0.15, 0.2) is 5.82 Å². The quantitative estimate of drug-likeness (QED) is 0.656. The first kappa shape index (κ1) is 18.2. The minimum absolute atomic E-state index is 0.190. The zero-order valence-corrected chi connectivity index (χ0v) is 16.3. The molecule has 2 fully saturated rings. The van der Waals surface area contributed by atoms with Crippen molar-refractivity contribution in [2.45, 2.75) is 31.7 Å². The number of nitrogens with zero attached hydrogens (tertiary/aromatic N) is 5. The lowest BCUT2D eigenvalue weighted by atomic mass is 10.2. The SMILES string of the molecule is Fc1ccc(CN2CCCN(c3ncccc3-c3nc(C4CC4)no3)CC2)cc1. The molecule has 150 valence electrons. The van der Waals surface area contributed by atoms with Crippen LogP contribution in [-0.2, 0) is 6.54 Å². The summed E-state index contributed by atoms with van der Waals surface area (Å²) >= 11 is 0. The molecule has 1 saturated carbocycles. The molecular formula is C22H24FN5O. The van der Waals surface area contributed by atoms with Crippen molar-refractivity contribution < 1.29 is 8.91 Å². The fraction of sp³-hybridized carbons (Fsp3) is 0.409. The van der Waals surface area contributed by atoms with Crippen LogP contribution < -0.4 is 4.90 Å². The molecule has 1 aliphatic carbocycles. The Morgan fingerprint density at radius 3 is 2.72 bits per heavy atom. The van der Waals surface area contributed by atoms with Gasteiger partial charge >= 0.3 is 0 Å². The second-order valence-electron chi connectivity index (χ2n) is 7.85. The molecule has 1 saturated heterocycles. The average molecular weight is 393 g/mol. The lowest BCUT2D eigenvalue weighted by Crippen LogP contribution is -2.31. The van der Waals surface area contributed by atoms with Crippen LogP contribution in [0.1, 0.15) is 36.6 Å². The van der Waals surface area contributed by atoms with E-state index < -0.39 is 0 Å². The molecule has 7 heteroatoms. The first-order valence-corrected chi connectivity index (χ1v) is 10.3. The summed E-state index contributed by atoms with van der Waals surface area (Å²) in [7, 11) is 0. The highest BCUT2D eigenvalue weighted by atomic mass is 19.1. The van der Waals surface area contributed by atoms with Crippen LogP contribution in [-0.4, -0.2) is 46.2 Å². The van der Waals surface area contributed by atoms with Crippen molar-refractivity contribution in [2.75, 3.05) is 31.1 Å². The smallest absolute Gasteiger partial charge is 0.261 e. The summed E-state index contributed by atoms with van der Waals surface area (Å²) < 4.78 is 18.7. The monoisotopic (exact) mass is 393 g/mol. The third-order valence-electron chi connectivity index (χ3n) is 5.61. The molecule has 6 nitrogen and oxygen atoms in total. The maximum absolute atomic E-state index is 13.2. The summed E-state index contributed by atoms with van der Waals surface area (Å²) in [5.41, 5.74) is 2.04. The minimum atomic E-state index is -0.190. The number of pyridine rings is 1. The van der Waals surface area contributed by atoms with Gasteiger partial charge in [0.05, 0.1) is 5.56 Å². The van der Waals surface area contributed by atoms with Crippen molar-refractivity contribution in [2.24, 2.45) is 0 Å². The van der Waals surface area contributed by atoms with Gasteiger partial charge < -0.3 is 9.42 Å². The molecule has 1 aliphatic heterocycles. The lowest BCUT2D eigenvalue weighted by molar-refractivity contribution is 0.285. The van der Waals surface area contributed by atoms with Crippen molar-refractivity contribution in [3.05, 3.63) is 59.8 Å². The number of aromatic nitrogens is 3. The molecule has 3 heterocycles. The maximum atomic E-state index is 13.2. The zero-order valence-electron chi connectivity index (χ0n) is 16.3. The number of halogens is 1. The van der Waals surface area contributed by atoms with Gasteiger partial charge in [-0.05, 0) is 49.1 Å². The van der Waals surface area contributed by atoms with E-state index in [0.29, 0.717) is 11.8 Å². The van der Waals surface area contributed by atoms with Crippen molar-refractivity contribution >= 4 is 5.82 Å². The Morgan fingerprint density at radius 2 is 1.90 bits per heavy atom. The highest BCUT2D eigenvalue weighted by Gasteiger charge is 2.30. The molecule has 0 N–H and O–H groups in total. The van der Waals surface area contributed by atoms with E-state index in [-0.39, 0.29) is 5.82 Å². The predicted octanol–water partition coefficient (Wildman–Crippen LogP) is 3.86. The Kier molecular flexibility index (Phi) is 4.97. The molecule has 0 amide bonds. The fourth-order valence-corrected chi connectivity index (χ4v) is 3.86. The first-order valence-electron chi connectivity index (χ1n) is 10.3. The Bertz CT molecular complexity index is 969. The van der Waals surface area contributed by atoms with Gasteiger partial charge in [0.25, 0.3) is 5.89 Å². The van der Waals surface area contributed by atoms with Crippen molar-refractivity contribution in [3.63, 3.8) is 0 Å². The summed E-state index contributed by atoms with van der Waals surface area (Å²) in [6.45, 7) is 4.55. The molecule has 3 aromatic rings. The van der Waals surface area contributed by atoms with E-state index in [0.717, 1.165) is 74.8 Å². The van der Waals surface area contributed by atoms with Gasteiger partial charge in [-0.1, -0.05) is 17.3 Å². The molecular weight excluding hydrogens is 369 g/mol. The van der Waals surface area contributed by atoms with Crippen LogP contribution in [0.3, 0.4) is 0 Å². The Balaban J connectivity index is 1.30. The van der Waals surface area contributed by atoms with Gasteiger partial charge in [0, 0.05) is 44.8 Å². The normalized spacial score (nSPS) is 18.0. The van der Waals surface area contributed by atoms with Crippen LogP contribution in [0.25, 0.3) is 11.5 Å². The van der Waals surface area contributed by atoms with E-state index in [1.807, 2.05) is 30.5 Å². The van der Waals surface area contributed by atoms with E-state index in [9.17, 15) is 4.39 Å². The van der Waals surface area contributed by atoms with Crippen molar-refractivity contribution in [1.82, 2.24) is 20.0 Å². The second-order valence-corrected chi connectivity index (χ2v) is 7.85. The van der Waals surface area contributed by atoms with E-state index >= 15 is 0 Å². The number of benzene rings is 1. The second kappa shape index (κ2) is 7.91. The van der Waals surface area contributed by atoms with Gasteiger partial charge in [0.2, 0.25) is 0 Å². The molecule has 0 radical (unpaired) electrons. The molecule has 2 aliphatic rings. The predicted molar refractivity (Wildman–Crippen MR) is 108 cm³/mol. The van der Waals surface area contributed by atoms with Gasteiger partial charge in [-0.25, -0.2) is 9.37 Å². The van der Waals surface area contributed by atoms with Crippen LogP contribution in [0.5, 0.6) is 0 Å². The number of hydrogen-bond acceptors (Lipinski definition) is 6. The van der Waals surface area contributed by atoms with Crippen LogP contribution in [0.4, 0.5) is 10.2 Å². The summed E-state index contributed by atoms with van der Waals surface area (Å²) in [5.74, 6) is 2.55. The van der Waals surface area contributed by atoms with Gasteiger partial charge in [0.1, 0.15) is 11.6 Å². The third-order valence-corrected chi connectivity index (χ3v) is 5.61.